The van der Waals surface area contributed by atoms with Gasteiger partial charge in [0.2, 0.25) is 0 Å². The lowest BCUT2D eigenvalue weighted by molar-refractivity contribution is -0.0365. The molecule has 1 atom stereocenters. The Kier molecular flexibility index (Phi) is 4.74. The largest absolute Gasteiger partial charge is 0.356 e. The van der Waals surface area contributed by atoms with E-state index in [0.29, 0.717) is 0 Å². The highest BCUT2D eigenvalue weighted by atomic mass is 79.9. The van der Waals surface area contributed by atoms with E-state index in [9.17, 15) is 0 Å². The fourth-order valence-corrected chi connectivity index (χ4v) is 4.19. The summed E-state index contributed by atoms with van der Waals surface area (Å²) in [6, 6.07) is 16.7. The van der Waals surface area contributed by atoms with Crippen molar-refractivity contribution in [3.63, 3.8) is 0 Å². The summed E-state index contributed by atoms with van der Waals surface area (Å²) in [5.74, 6) is 0.880. The third kappa shape index (κ3) is 3.27. The molecular weight excluding hydrogens is 416 g/mol. The molecule has 6 heteroatoms. The van der Waals surface area contributed by atoms with E-state index >= 15 is 0 Å². The zero-order valence-electron chi connectivity index (χ0n) is 15.5. The van der Waals surface area contributed by atoms with E-state index in [1.165, 1.54) is 5.56 Å². The van der Waals surface area contributed by atoms with E-state index in [0.717, 1.165) is 59.3 Å². The van der Waals surface area contributed by atoms with Crippen LogP contribution in [0.3, 0.4) is 0 Å². The molecule has 1 aliphatic heterocycles. The first-order valence-corrected chi connectivity index (χ1v) is 10.4. The first kappa shape index (κ1) is 17.6. The maximum absolute atomic E-state index is 6.03. The maximum atomic E-state index is 6.03. The number of imidazole rings is 1. The van der Waals surface area contributed by atoms with E-state index < -0.39 is 0 Å². The van der Waals surface area contributed by atoms with Crippen molar-refractivity contribution in [2.45, 2.75) is 32.0 Å². The molecule has 5 rings (SSSR count). The highest BCUT2D eigenvalue weighted by Gasteiger charge is 2.23. The summed E-state index contributed by atoms with van der Waals surface area (Å²) < 4.78 is 11.3. The van der Waals surface area contributed by atoms with Gasteiger partial charge in [-0.05, 0) is 43.0 Å². The minimum absolute atomic E-state index is 0.0168. The molecule has 0 amide bonds. The van der Waals surface area contributed by atoms with Crippen LogP contribution < -0.4 is 0 Å². The molecule has 0 spiro atoms. The highest BCUT2D eigenvalue weighted by Crippen LogP contribution is 2.33. The molecule has 1 aliphatic rings. The number of benzene rings is 2. The van der Waals surface area contributed by atoms with Gasteiger partial charge in [-0.1, -0.05) is 46.3 Å². The Hall–Kier alpha value is -2.44. The van der Waals surface area contributed by atoms with Gasteiger partial charge in [-0.15, -0.1) is 0 Å². The average molecular weight is 437 g/mol. The zero-order chi connectivity index (χ0) is 18.9. The quantitative estimate of drug-likeness (QED) is 0.429. The van der Waals surface area contributed by atoms with Gasteiger partial charge in [-0.25, -0.2) is 9.67 Å². The van der Waals surface area contributed by atoms with Crippen molar-refractivity contribution in [1.29, 1.82) is 0 Å². The van der Waals surface area contributed by atoms with E-state index in [1.807, 2.05) is 23.1 Å². The molecular formula is C22H21BrN4O. The van der Waals surface area contributed by atoms with Gasteiger partial charge >= 0.3 is 0 Å². The van der Waals surface area contributed by atoms with E-state index in [2.05, 4.69) is 67.9 Å². The van der Waals surface area contributed by atoms with E-state index in [1.54, 1.807) is 0 Å². The predicted molar refractivity (Wildman–Crippen MR) is 113 cm³/mol. The molecule has 0 saturated carbocycles. The minimum Gasteiger partial charge on any atom is -0.356 e. The molecule has 3 heterocycles. The van der Waals surface area contributed by atoms with Gasteiger partial charge in [0, 0.05) is 35.4 Å². The lowest BCUT2D eigenvalue weighted by Gasteiger charge is -2.23. The summed E-state index contributed by atoms with van der Waals surface area (Å²) in [5, 5.41) is 6.08. The number of hydrogen-bond donors (Lipinski definition) is 0. The Morgan fingerprint density at radius 2 is 2.00 bits per heavy atom. The standard InChI is InChI=1S/C22H21BrN4O/c23-17-9-10-18-19(14-17)27(20-8-4-5-13-28-20)25-21(18)22-24-11-12-26(22)15-16-6-2-1-3-7-16/h1-3,6-7,9-12,14,20H,4-5,8,13,15H2. The van der Waals surface area contributed by atoms with Crippen LogP contribution in [-0.4, -0.2) is 25.9 Å². The van der Waals surface area contributed by atoms with Crippen LogP contribution in [0.2, 0.25) is 0 Å². The summed E-state index contributed by atoms with van der Waals surface area (Å²) in [6.45, 7) is 1.55. The van der Waals surface area contributed by atoms with Crippen LogP contribution in [0.25, 0.3) is 22.4 Å². The Bertz CT molecular complexity index is 1100. The monoisotopic (exact) mass is 436 g/mol. The van der Waals surface area contributed by atoms with Gasteiger partial charge in [-0.3, -0.25) is 0 Å². The van der Waals surface area contributed by atoms with E-state index in [4.69, 9.17) is 9.84 Å². The van der Waals surface area contributed by atoms with Crippen molar-refractivity contribution in [2.75, 3.05) is 6.61 Å². The molecule has 0 aliphatic carbocycles. The molecule has 1 fully saturated rings. The van der Waals surface area contributed by atoms with Gasteiger partial charge in [0.15, 0.2) is 12.1 Å². The highest BCUT2D eigenvalue weighted by molar-refractivity contribution is 9.10. The number of rotatable bonds is 4. The summed E-state index contributed by atoms with van der Waals surface area (Å²) >= 11 is 3.60. The lowest BCUT2D eigenvalue weighted by Crippen LogP contribution is -2.19. The minimum atomic E-state index is -0.0168. The smallest absolute Gasteiger partial charge is 0.161 e. The maximum Gasteiger partial charge on any atom is 0.161 e. The summed E-state index contributed by atoms with van der Waals surface area (Å²) in [4.78, 5) is 4.65. The zero-order valence-corrected chi connectivity index (χ0v) is 17.0. The summed E-state index contributed by atoms with van der Waals surface area (Å²) in [7, 11) is 0. The normalized spacial score (nSPS) is 17.2. The van der Waals surface area contributed by atoms with Crippen LogP contribution >= 0.6 is 15.9 Å². The second kappa shape index (κ2) is 7.53. The first-order chi connectivity index (χ1) is 13.8. The predicted octanol–water partition coefficient (Wildman–Crippen LogP) is 5.41. The van der Waals surface area contributed by atoms with Crippen LogP contribution in [0.5, 0.6) is 0 Å². The Morgan fingerprint density at radius 1 is 1.11 bits per heavy atom. The van der Waals surface area contributed by atoms with Crippen LogP contribution in [-0.2, 0) is 11.3 Å². The number of aromatic nitrogens is 4. The van der Waals surface area contributed by atoms with Gasteiger partial charge < -0.3 is 9.30 Å². The van der Waals surface area contributed by atoms with Crippen molar-refractivity contribution >= 4 is 26.8 Å². The van der Waals surface area contributed by atoms with Crippen molar-refractivity contribution in [1.82, 2.24) is 19.3 Å². The molecule has 0 radical (unpaired) electrons. The van der Waals surface area contributed by atoms with Crippen molar-refractivity contribution < 1.29 is 4.74 Å². The second-order valence-electron chi connectivity index (χ2n) is 7.14. The topological polar surface area (TPSA) is 44.9 Å². The third-order valence-corrected chi connectivity index (χ3v) is 5.71. The third-order valence-electron chi connectivity index (χ3n) is 5.22. The molecule has 0 bridgehead atoms. The van der Waals surface area contributed by atoms with Crippen molar-refractivity contribution in [3.05, 3.63) is 71.0 Å². The van der Waals surface area contributed by atoms with Crippen molar-refractivity contribution in [2.24, 2.45) is 0 Å². The summed E-state index contributed by atoms with van der Waals surface area (Å²) in [5.41, 5.74) is 3.21. The first-order valence-electron chi connectivity index (χ1n) is 9.64. The van der Waals surface area contributed by atoms with Crippen LogP contribution in [0.4, 0.5) is 0 Å². The van der Waals surface area contributed by atoms with Gasteiger partial charge in [0.05, 0.1) is 5.52 Å². The van der Waals surface area contributed by atoms with Gasteiger partial charge in [0.1, 0.15) is 5.69 Å². The fourth-order valence-electron chi connectivity index (χ4n) is 3.85. The number of ether oxygens (including phenoxy) is 1. The van der Waals surface area contributed by atoms with Gasteiger partial charge in [0.25, 0.3) is 0 Å². The van der Waals surface area contributed by atoms with Crippen LogP contribution in [0.15, 0.2) is 65.4 Å². The molecule has 28 heavy (non-hydrogen) atoms. The number of hydrogen-bond acceptors (Lipinski definition) is 3. The number of halogens is 1. The van der Waals surface area contributed by atoms with Gasteiger partial charge in [-0.2, -0.15) is 5.10 Å². The molecule has 2 aromatic heterocycles. The molecule has 0 N–H and O–H groups in total. The second-order valence-corrected chi connectivity index (χ2v) is 8.06. The van der Waals surface area contributed by atoms with Crippen LogP contribution in [0, 0.1) is 0 Å². The van der Waals surface area contributed by atoms with Crippen molar-refractivity contribution in [3.8, 4) is 11.5 Å². The van der Waals surface area contributed by atoms with E-state index in [-0.39, 0.29) is 6.23 Å². The SMILES string of the molecule is Brc1ccc2c(-c3nccn3Cc3ccccc3)nn(C3CCCCO3)c2c1. The molecule has 1 saturated heterocycles. The Morgan fingerprint density at radius 3 is 2.82 bits per heavy atom. The number of nitrogens with zero attached hydrogens (tertiary/aromatic N) is 4. The number of fused-ring (bicyclic) bond motifs is 1. The Balaban J connectivity index is 1.61. The molecule has 1 unspecified atom stereocenters. The molecule has 5 nitrogen and oxygen atoms in total. The Labute approximate surface area is 172 Å². The molecule has 4 aromatic rings. The molecule has 2 aromatic carbocycles. The molecule has 142 valence electrons. The van der Waals surface area contributed by atoms with Crippen LogP contribution in [0.1, 0.15) is 31.1 Å². The lowest BCUT2D eigenvalue weighted by atomic mass is 10.1. The average Bonchev–Trinajstić information content (AvgIpc) is 3.33. The summed E-state index contributed by atoms with van der Waals surface area (Å²) in [6.07, 6.45) is 7.12. The fraction of sp³-hybridized carbons (Fsp3) is 0.273.